The van der Waals surface area contributed by atoms with Gasteiger partial charge in [0.2, 0.25) is 11.8 Å². The van der Waals surface area contributed by atoms with E-state index in [1.807, 2.05) is 6.92 Å². The van der Waals surface area contributed by atoms with E-state index < -0.39 is 18.5 Å². The Bertz CT molecular complexity index is 926. The lowest BCUT2D eigenvalue weighted by Gasteiger charge is -2.28. The summed E-state index contributed by atoms with van der Waals surface area (Å²) >= 11 is 13.3. The first-order chi connectivity index (χ1) is 14.7. The fourth-order valence-electron chi connectivity index (χ4n) is 4.92. The number of nitrogens with one attached hydrogen (secondary N) is 1. The number of hydrogen-bond donors (Lipinski definition) is 1. The van der Waals surface area contributed by atoms with Gasteiger partial charge in [0.05, 0.1) is 18.3 Å². The molecular weight excluding hydrogens is 556 g/mol. The van der Waals surface area contributed by atoms with E-state index in [1.54, 1.807) is 18.2 Å². The van der Waals surface area contributed by atoms with Crippen LogP contribution in [-0.2, 0) is 23.9 Å². The molecule has 1 aromatic carbocycles. The maximum Gasteiger partial charge on any atom is 0.308 e. The average molecular weight is 577 g/mol. The Kier molecular flexibility index (Phi) is 6.47. The Morgan fingerprint density at radius 1 is 1.16 bits per heavy atom. The number of imide groups is 1. The van der Waals surface area contributed by atoms with Gasteiger partial charge >= 0.3 is 5.97 Å². The second kappa shape index (κ2) is 8.83. The van der Waals surface area contributed by atoms with Crippen LogP contribution in [0.15, 0.2) is 18.2 Å². The van der Waals surface area contributed by atoms with E-state index in [0.717, 1.165) is 12.0 Å². The highest BCUT2D eigenvalue weighted by molar-refractivity contribution is 9.12. The number of nitrogens with zero attached hydrogens (tertiary/aromatic N) is 1. The van der Waals surface area contributed by atoms with Crippen molar-refractivity contribution in [3.63, 3.8) is 0 Å². The van der Waals surface area contributed by atoms with Crippen LogP contribution in [0.3, 0.4) is 0 Å². The molecule has 1 saturated heterocycles. The predicted octanol–water partition coefficient (Wildman–Crippen LogP) is 3.30. The lowest BCUT2D eigenvalue weighted by Crippen LogP contribution is -2.37. The normalized spacial score (nSPS) is 31.2. The summed E-state index contributed by atoms with van der Waals surface area (Å²) in [6.07, 6.45) is 0.710. The Balaban J connectivity index is 1.26. The molecule has 1 heterocycles. The Morgan fingerprint density at radius 2 is 1.77 bits per heavy atom. The number of fused-ring (bicyclic) bond motifs is 5. The molecule has 31 heavy (non-hydrogen) atoms. The summed E-state index contributed by atoms with van der Waals surface area (Å²) < 4.78 is 4.99. The summed E-state index contributed by atoms with van der Waals surface area (Å²) in [7, 11) is 0. The first kappa shape index (κ1) is 22.7. The molecule has 1 N–H and O–H groups in total. The number of anilines is 1. The molecule has 0 unspecified atom stereocenters. The first-order valence-corrected chi connectivity index (χ1v) is 12.2. The Hall–Kier alpha value is -1.45. The van der Waals surface area contributed by atoms with E-state index in [0.29, 0.717) is 10.7 Å². The number of benzene rings is 1. The summed E-state index contributed by atoms with van der Waals surface area (Å²) in [4.78, 5) is 51.2. The van der Waals surface area contributed by atoms with Crippen LogP contribution < -0.4 is 5.32 Å². The highest BCUT2D eigenvalue weighted by Crippen LogP contribution is 2.60. The number of rotatable bonds is 6. The van der Waals surface area contributed by atoms with E-state index in [9.17, 15) is 19.2 Å². The topological polar surface area (TPSA) is 92.8 Å². The molecular formula is C21H21Br2ClN2O5. The first-order valence-electron chi connectivity index (χ1n) is 10.0. The number of esters is 1. The fraction of sp³-hybridized carbons (Fsp3) is 0.524. The van der Waals surface area contributed by atoms with Crippen LogP contribution in [0.25, 0.3) is 0 Å². The lowest BCUT2D eigenvalue weighted by molar-refractivity contribution is -0.149. The molecule has 0 spiro atoms. The van der Waals surface area contributed by atoms with Gasteiger partial charge in [-0.15, -0.1) is 0 Å². The minimum Gasteiger partial charge on any atom is -0.456 e. The summed E-state index contributed by atoms with van der Waals surface area (Å²) in [5, 5.41) is 3.12. The van der Waals surface area contributed by atoms with Crippen molar-refractivity contribution in [1.29, 1.82) is 0 Å². The van der Waals surface area contributed by atoms with E-state index in [-0.39, 0.29) is 58.1 Å². The molecule has 3 amide bonds. The SMILES string of the molecule is Cc1ccc(NC(=O)COC(=O)CCN2C(=O)[C@@H]3[C@H]4C[C@@H]([C@H](Br)[C@H]4Br)[C@@H]3C2=O)cc1Cl. The van der Waals surface area contributed by atoms with Crippen molar-refractivity contribution in [2.24, 2.45) is 23.7 Å². The number of carbonyl (C=O) groups is 4. The van der Waals surface area contributed by atoms with Crippen molar-refractivity contribution in [2.45, 2.75) is 29.4 Å². The molecule has 4 rings (SSSR count). The van der Waals surface area contributed by atoms with Gasteiger partial charge in [-0.05, 0) is 42.9 Å². The molecule has 1 aromatic rings. The predicted molar refractivity (Wildman–Crippen MR) is 121 cm³/mol. The molecule has 1 aliphatic heterocycles. The van der Waals surface area contributed by atoms with Gasteiger partial charge in [-0.2, -0.15) is 0 Å². The highest BCUT2D eigenvalue weighted by Gasteiger charge is 2.66. The standard InChI is InChI=1S/C21H21Br2ClN2O5/c1-9-2-3-10(6-13(9)24)25-14(27)8-31-15(28)4-5-26-20(29)16-11-7-12(17(16)21(26)30)19(23)18(11)22/h2-3,6,11-12,16-19H,4-5,7-8H2,1H3,(H,25,27)/t11-,12-,16-,17+,18+,19+/m1/s1. The van der Waals surface area contributed by atoms with Gasteiger partial charge in [0.1, 0.15) is 0 Å². The quantitative estimate of drug-likeness (QED) is 0.319. The van der Waals surface area contributed by atoms with Gasteiger partial charge in [-0.3, -0.25) is 24.1 Å². The lowest BCUT2D eigenvalue weighted by atomic mass is 9.81. The van der Waals surface area contributed by atoms with Crippen molar-refractivity contribution in [2.75, 3.05) is 18.5 Å². The summed E-state index contributed by atoms with van der Waals surface area (Å²) in [5.74, 6) is -1.90. The van der Waals surface area contributed by atoms with Crippen molar-refractivity contribution < 1.29 is 23.9 Å². The minimum absolute atomic E-state index is 0.0297. The molecule has 7 nitrogen and oxygen atoms in total. The number of hydrogen-bond acceptors (Lipinski definition) is 5. The monoisotopic (exact) mass is 574 g/mol. The fourth-order valence-corrected chi connectivity index (χ4v) is 6.97. The third-order valence-electron chi connectivity index (χ3n) is 6.44. The second-order valence-corrected chi connectivity index (χ2v) is 10.8. The zero-order valence-electron chi connectivity index (χ0n) is 16.6. The molecule has 2 aliphatic carbocycles. The molecule has 6 atom stereocenters. The van der Waals surface area contributed by atoms with Crippen LogP contribution in [-0.4, -0.2) is 51.4 Å². The number of halogens is 3. The van der Waals surface area contributed by atoms with Crippen molar-refractivity contribution in [3.05, 3.63) is 28.8 Å². The summed E-state index contributed by atoms with van der Waals surface area (Å²) in [6, 6.07) is 5.08. The average Bonchev–Trinajstić information content (AvgIpc) is 3.33. The smallest absolute Gasteiger partial charge is 0.308 e. The van der Waals surface area contributed by atoms with Gasteiger partial charge in [-0.25, -0.2) is 0 Å². The second-order valence-electron chi connectivity index (χ2n) is 8.25. The molecule has 10 heteroatoms. The highest BCUT2D eigenvalue weighted by atomic mass is 79.9. The third kappa shape index (κ3) is 4.16. The number of alkyl halides is 2. The van der Waals surface area contributed by atoms with Gasteiger partial charge in [0, 0.05) is 26.9 Å². The summed E-state index contributed by atoms with van der Waals surface area (Å²) in [6.45, 7) is 1.36. The number of ether oxygens (including phenoxy) is 1. The van der Waals surface area contributed by atoms with Gasteiger partial charge < -0.3 is 10.1 Å². The number of likely N-dealkylation sites (tertiary alicyclic amines) is 1. The molecule has 3 aliphatic rings. The van der Waals surface area contributed by atoms with Crippen LogP contribution in [0.2, 0.25) is 5.02 Å². The van der Waals surface area contributed by atoms with Gasteiger partial charge in [-0.1, -0.05) is 49.5 Å². The van der Waals surface area contributed by atoms with E-state index in [1.165, 1.54) is 4.90 Å². The van der Waals surface area contributed by atoms with E-state index >= 15 is 0 Å². The Morgan fingerprint density at radius 3 is 2.35 bits per heavy atom. The maximum atomic E-state index is 12.8. The van der Waals surface area contributed by atoms with Crippen molar-refractivity contribution >= 4 is 72.8 Å². The molecule has 0 radical (unpaired) electrons. The zero-order valence-corrected chi connectivity index (χ0v) is 20.6. The third-order valence-corrected chi connectivity index (χ3v) is 10.1. The maximum absolute atomic E-state index is 12.8. The van der Waals surface area contributed by atoms with Crippen LogP contribution in [0, 0.1) is 30.6 Å². The molecule has 3 fully saturated rings. The van der Waals surface area contributed by atoms with Crippen molar-refractivity contribution in [1.82, 2.24) is 4.90 Å². The largest absolute Gasteiger partial charge is 0.456 e. The number of amides is 3. The van der Waals surface area contributed by atoms with Gasteiger partial charge in [0.15, 0.2) is 6.61 Å². The van der Waals surface area contributed by atoms with Crippen LogP contribution in [0.1, 0.15) is 18.4 Å². The Labute approximate surface area is 201 Å². The number of carbonyl (C=O) groups excluding carboxylic acids is 4. The molecule has 2 saturated carbocycles. The molecule has 2 bridgehead atoms. The van der Waals surface area contributed by atoms with Crippen LogP contribution >= 0.6 is 43.5 Å². The minimum atomic E-state index is -0.644. The summed E-state index contributed by atoms with van der Waals surface area (Å²) in [5.41, 5.74) is 1.38. The molecule has 0 aromatic heterocycles. The van der Waals surface area contributed by atoms with Gasteiger partial charge in [0.25, 0.3) is 5.91 Å². The van der Waals surface area contributed by atoms with Crippen molar-refractivity contribution in [3.8, 4) is 0 Å². The zero-order chi connectivity index (χ0) is 22.4. The van der Waals surface area contributed by atoms with E-state index in [2.05, 4.69) is 37.2 Å². The molecule has 166 valence electrons. The van der Waals surface area contributed by atoms with E-state index in [4.69, 9.17) is 16.3 Å². The number of aryl methyl sites for hydroxylation is 1. The van der Waals surface area contributed by atoms with Crippen LogP contribution in [0.5, 0.6) is 0 Å². The van der Waals surface area contributed by atoms with Crippen LogP contribution in [0.4, 0.5) is 5.69 Å².